The average Bonchev–Trinajstić information content (AvgIpc) is 3.01. The molecule has 1 fully saturated rings. The van der Waals surface area contributed by atoms with E-state index in [4.69, 9.17) is 0 Å². The molecule has 0 spiro atoms. The number of ether oxygens (including phenoxy) is 1. The maximum absolute atomic E-state index is 12.6. The summed E-state index contributed by atoms with van der Waals surface area (Å²) in [5, 5.41) is 13.3. The maximum Gasteiger partial charge on any atom is 0.573 e. The Morgan fingerprint density at radius 2 is 1.93 bits per heavy atom. The Hall–Kier alpha value is -3.63. The lowest BCUT2D eigenvalue weighted by molar-refractivity contribution is -0.384. The van der Waals surface area contributed by atoms with Gasteiger partial charge in [0.25, 0.3) is 5.69 Å². The van der Waals surface area contributed by atoms with Gasteiger partial charge in [-0.1, -0.05) is 18.2 Å². The van der Waals surface area contributed by atoms with Crippen molar-refractivity contribution in [3.8, 4) is 5.75 Å². The van der Waals surface area contributed by atoms with Crippen LogP contribution in [0.1, 0.15) is 12.0 Å². The van der Waals surface area contributed by atoms with Gasteiger partial charge in [0.2, 0.25) is 11.8 Å². The third-order valence-corrected chi connectivity index (χ3v) is 4.42. The summed E-state index contributed by atoms with van der Waals surface area (Å²) in [6, 6.07) is 9.68. The van der Waals surface area contributed by atoms with Crippen molar-refractivity contribution in [3.05, 3.63) is 64.2 Å². The van der Waals surface area contributed by atoms with Crippen LogP contribution in [0.5, 0.6) is 5.75 Å². The summed E-state index contributed by atoms with van der Waals surface area (Å²) < 4.78 is 41.0. The Morgan fingerprint density at radius 3 is 2.57 bits per heavy atom. The molecule has 1 heterocycles. The Bertz CT molecular complexity index is 963. The van der Waals surface area contributed by atoms with Crippen LogP contribution in [0.25, 0.3) is 0 Å². The molecule has 3 rings (SSSR count). The fraction of sp³-hybridized carbons (Fsp3) is 0.263. The van der Waals surface area contributed by atoms with Crippen molar-refractivity contribution in [1.29, 1.82) is 0 Å². The Morgan fingerprint density at radius 1 is 1.23 bits per heavy atom. The zero-order valence-electron chi connectivity index (χ0n) is 15.4. The minimum Gasteiger partial charge on any atom is -0.406 e. The van der Waals surface area contributed by atoms with E-state index in [9.17, 15) is 32.9 Å². The SMILES string of the molecule is O=C(Cc1ccc([N+](=O)[O-])cc1)NC1CCN(c2cccc(OC(F)(F)F)c2)C1=O. The molecule has 0 saturated carbocycles. The van der Waals surface area contributed by atoms with Crippen LogP contribution in [0, 0.1) is 10.1 Å². The molecule has 2 aromatic carbocycles. The number of alkyl halides is 3. The number of anilines is 1. The molecule has 8 nitrogen and oxygen atoms in total. The van der Waals surface area contributed by atoms with Crippen LogP contribution in [-0.4, -0.2) is 35.7 Å². The highest BCUT2D eigenvalue weighted by Gasteiger charge is 2.35. The second-order valence-corrected chi connectivity index (χ2v) is 6.54. The Labute approximate surface area is 168 Å². The van der Waals surface area contributed by atoms with Gasteiger partial charge in [-0.25, -0.2) is 0 Å². The van der Waals surface area contributed by atoms with Crippen molar-refractivity contribution in [2.45, 2.75) is 25.2 Å². The number of hydrogen-bond acceptors (Lipinski definition) is 5. The lowest BCUT2D eigenvalue weighted by Crippen LogP contribution is -2.42. The van der Waals surface area contributed by atoms with E-state index in [1.165, 1.54) is 41.3 Å². The molecule has 1 unspecified atom stereocenters. The molecule has 158 valence electrons. The number of rotatable bonds is 6. The predicted octanol–water partition coefficient (Wildman–Crippen LogP) is 2.96. The van der Waals surface area contributed by atoms with Crippen molar-refractivity contribution in [2.75, 3.05) is 11.4 Å². The van der Waals surface area contributed by atoms with Gasteiger partial charge in [0, 0.05) is 30.4 Å². The van der Waals surface area contributed by atoms with E-state index in [-0.39, 0.29) is 30.8 Å². The molecule has 30 heavy (non-hydrogen) atoms. The van der Waals surface area contributed by atoms with Crippen molar-refractivity contribution in [1.82, 2.24) is 5.32 Å². The van der Waals surface area contributed by atoms with Gasteiger partial charge in [-0.2, -0.15) is 0 Å². The number of hydrogen-bond donors (Lipinski definition) is 1. The van der Waals surface area contributed by atoms with E-state index < -0.39 is 34.9 Å². The second kappa shape index (κ2) is 8.39. The highest BCUT2D eigenvalue weighted by Crippen LogP contribution is 2.29. The number of nitro benzene ring substituents is 1. The lowest BCUT2D eigenvalue weighted by Gasteiger charge is -2.18. The van der Waals surface area contributed by atoms with E-state index in [2.05, 4.69) is 10.1 Å². The summed E-state index contributed by atoms with van der Waals surface area (Å²) in [6.45, 7) is 0.219. The standard InChI is InChI=1S/C19H16F3N3O5/c20-19(21,22)30-15-3-1-2-14(11-15)24-9-8-16(18(24)27)23-17(26)10-12-4-6-13(7-5-12)25(28)29/h1-7,11,16H,8-10H2,(H,23,26). The van der Waals surface area contributed by atoms with E-state index >= 15 is 0 Å². The van der Waals surface area contributed by atoms with E-state index in [0.717, 1.165) is 12.1 Å². The smallest absolute Gasteiger partial charge is 0.406 e. The van der Waals surface area contributed by atoms with Crippen molar-refractivity contribution >= 4 is 23.2 Å². The van der Waals surface area contributed by atoms with Crippen molar-refractivity contribution < 1.29 is 32.4 Å². The third-order valence-electron chi connectivity index (χ3n) is 4.42. The van der Waals surface area contributed by atoms with Crippen molar-refractivity contribution in [3.63, 3.8) is 0 Å². The van der Waals surface area contributed by atoms with E-state index in [0.29, 0.717) is 5.56 Å². The number of carbonyl (C=O) groups excluding carboxylic acids is 2. The Kier molecular flexibility index (Phi) is 5.90. The topological polar surface area (TPSA) is 102 Å². The maximum atomic E-state index is 12.6. The first-order chi connectivity index (χ1) is 14.1. The summed E-state index contributed by atoms with van der Waals surface area (Å²) in [7, 11) is 0. The molecule has 1 saturated heterocycles. The van der Waals surface area contributed by atoms with Gasteiger partial charge < -0.3 is 15.0 Å². The number of nitro groups is 1. The van der Waals surface area contributed by atoms with Crippen LogP contribution in [0.4, 0.5) is 24.5 Å². The van der Waals surface area contributed by atoms with E-state index in [1.54, 1.807) is 0 Å². The number of amides is 2. The zero-order valence-corrected chi connectivity index (χ0v) is 15.4. The molecule has 0 aromatic heterocycles. The number of halogens is 3. The van der Waals surface area contributed by atoms with Crippen LogP contribution in [-0.2, 0) is 16.0 Å². The Balaban J connectivity index is 1.60. The molecule has 11 heteroatoms. The minimum atomic E-state index is -4.85. The molecular weight excluding hydrogens is 407 g/mol. The predicted molar refractivity (Wildman–Crippen MR) is 98.8 cm³/mol. The summed E-state index contributed by atoms with van der Waals surface area (Å²) >= 11 is 0. The summed E-state index contributed by atoms with van der Waals surface area (Å²) in [4.78, 5) is 36.2. The van der Waals surface area contributed by atoms with Crippen LogP contribution in [0.2, 0.25) is 0 Å². The quantitative estimate of drug-likeness (QED) is 0.569. The molecule has 0 bridgehead atoms. The minimum absolute atomic E-state index is 0.0727. The number of benzene rings is 2. The monoisotopic (exact) mass is 423 g/mol. The molecule has 1 atom stereocenters. The fourth-order valence-electron chi connectivity index (χ4n) is 3.09. The lowest BCUT2D eigenvalue weighted by atomic mass is 10.1. The van der Waals surface area contributed by atoms with Gasteiger partial charge in [-0.3, -0.25) is 19.7 Å². The number of non-ortho nitro benzene ring substituents is 1. The normalized spacial score (nSPS) is 16.4. The fourth-order valence-corrected chi connectivity index (χ4v) is 3.09. The molecule has 1 aliphatic heterocycles. The first-order valence-electron chi connectivity index (χ1n) is 8.82. The van der Waals surface area contributed by atoms with Crippen LogP contribution in [0.15, 0.2) is 48.5 Å². The number of nitrogens with zero attached hydrogens (tertiary/aromatic N) is 2. The van der Waals surface area contributed by atoms with Gasteiger partial charge in [0.1, 0.15) is 11.8 Å². The summed E-state index contributed by atoms with van der Waals surface area (Å²) in [6.07, 6.45) is -4.63. The molecule has 1 N–H and O–H groups in total. The molecule has 1 aliphatic rings. The van der Waals surface area contributed by atoms with Gasteiger partial charge in [-0.05, 0) is 24.1 Å². The van der Waals surface area contributed by atoms with Crippen LogP contribution in [0.3, 0.4) is 0 Å². The summed E-state index contributed by atoms with van der Waals surface area (Å²) in [5.41, 5.74) is 0.670. The zero-order chi connectivity index (χ0) is 21.9. The first-order valence-corrected chi connectivity index (χ1v) is 8.82. The third kappa shape index (κ3) is 5.25. The van der Waals surface area contributed by atoms with Gasteiger partial charge in [-0.15, -0.1) is 13.2 Å². The summed E-state index contributed by atoms with van der Waals surface area (Å²) in [5.74, 6) is -1.34. The largest absolute Gasteiger partial charge is 0.573 e. The number of carbonyl (C=O) groups is 2. The van der Waals surface area contributed by atoms with Crippen molar-refractivity contribution in [2.24, 2.45) is 0 Å². The van der Waals surface area contributed by atoms with Crippen LogP contribution >= 0.6 is 0 Å². The van der Waals surface area contributed by atoms with Gasteiger partial charge in [0.15, 0.2) is 0 Å². The highest BCUT2D eigenvalue weighted by molar-refractivity contribution is 6.01. The van der Waals surface area contributed by atoms with E-state index in [1.807, 2.05) is 0 Å². The molecular formula is C19H16F3N3O5. The average molecular weight is 423 g/mol. The second-order valence-electron chi connectivity index (χ2n) is 6.54. The molecule has 0 aliphatic carbocycles. The highest BCUT2D eigenvalue weighted by atomic mass is 19.4. The van der Waals surface area contributed by atoms with Gasteiger partial charge in [0.05, 0.1) is 11.3 Å². The van der Waals surface area contributed by atoms with Gasteiger partial charge >= 0.3 is 6.36 Å². The molecule has 2 aromatic rings. The van der Waals surface area contributed by atoms with Crippen LogP contribution < -0.4 is 15.0 Å². The first kappa shape index (κ1) is 21.1. The molecule has 2 amide bonds. The number of nitrogens with one attached hydrogen (secondary N) is 1. The molecule has 0 radical (unpaired) electrons.